The third kappa shape index (κ3) is 9.35. The van der Waals surface area contributed by atoms with E-state index in [4.69, 9.17) is 15.0 Å². The number of aliphatic hydroxyl groups is 1. The maximum absolute atomic E-state index is 9.00. The van der Waals surface area contributed by atoms with Crippen LogP contribution in [0.4, 0.5) is 0 Å². The van der Waals surface area contributed by atoms with Gasteiger partial charge in [-0.15, -0.1) is 0 Å². The largest absolute Gasteiger partial charge is 0.507 e. The molecular weight excluding hydrogens is 204 g/mol. The Morgan fingerprint density at radius 2 is 1.31 bits per heavy atom. The summed E-state index contributed by atoms with van der Waals surface area (Å²) in [5.41, 5.74) is 4.18. The molecule has 0 aliphatic heterocycles. The average molecular weight is 228 g/mol. The van der Waals surface area contributed by atoms with Gasteiger partial charge in [0.25, 0.3) is 5.97 Å². The highest BCUT2D eigenvalue weighted by Gasteiger charge is 2.27. The molecule has 0 heterocycles. The Morgan fingerprint density at radius 1 is 1.06 bits per heavy atom. The summed E-state index contributed by atoms with van der Waals surface area (Å²) in [5.74, 6) is -0.833. The smallest absolute Gasteiger partial charge is 0.300 e. The van der Waals surface area contributed by atoms with Gasteiger partial charge in [0.05, 0.1) is 0 Å². The molecule has 2 N–H and O–H groups in total. The number of hydrogen-bond acceptors (Lipinski definition) is 2. The van der Waals surface area contributed by atoms with Crippen molar-refractivity contribution in [1.82, 2.24) is 0 Å². The fourth-order valence-electron chi connectivity index (χ4n) is 1.62. The van der Waals surface area contributed by atoms with E-state index in [1.807, 2.05) is 0 Å². The molecule has 0 amide bonds. The predicted octanol–water partition coefficient (Wildman–Crippen LogP) is 3.77. The van der Waals surface area contributed by atoms with Crippen molar-refractivity contribution in [2.75, 3.05) is 0 Å². The van der Waals surface area contributed by atoms with Gasteiger partial charge in [0, 0.05) is 6.92 Å². The zero-order chi connectivity index (χ0) is 13.6. The van der Waals surface area contributed by atoms with Gasteiger partial charge in [0.15, 0.2) is 0 Å². The second-order valence-electron chi connectivity index (χ2n) is 5.67. The van der Waals surface area contributed by atoms with E-state index < -0.39 is 5.97 Å². The van der Waals surface area contributed by atoms with Crippen molar-refractivity contribution in [2.24, 2.45) is 10.8 Å². The molecule has 0 fully saturated rings. The molecule has 0 aromatic carbocycles. The molecule has 94 valence electrons. The van der Waals surface area contributed by atoms with Gasteiger partial charge in [0.2, 0.25) is 0 Å². The number of aliphatic hydroxyl groups excluding tert-OH is 1. The third-order valence-electron chi connectivity index (χ3n) is 1.71. The first kappa shape index (κ1) is 17.2. The molecule has 0 aromatic rings. The van der Waals surface area contributed by atoms with Crippen molar-refractivity contribution in [3.05, 3.63) is 17.6 Å². The van der Waals surface area contributed by atoms with Crippen LogP contribution in [-0.2, 0) is 4.79 Å². The van der Waals surface area contributed by atoms with E-state index in [1.54, 1.807) is 0 Å². The highest BCUT2D eigenvalue weighted by atomic mass is 16.4. The van der Waals surface area contributed by atoms with Gasteiger partial charge in [-0.25, -0.2) is 0 Å². The first-order valence-electron chi connectivity index (χ1n) is 5.22. The molecular formula is C13H24O3. The summed E-state index contributed by atoms with van der Waals surface area (Å²) in [4.78, 5) is 9.00. The van der Waals surface area contributed by atoms with E-state index >= 15 is 0 Å². The molecule has 0 spiro atoms. The molecule has 0 saturated heterocycles. The van der Waals surface area contributed by atoms with Crippen LogP contribution in [-0.4, -0.2) is 16.2 Å². The van der Waals surface area contributed by atoms with Gasteiger partial charge in [-0.3, -0.25) is 4.79 Å². The number of hydrogen-bond donors (Lipinski definition) is 2. The Labute approximate surface area is 98.5 Å². The maximum Gasteiger partial charge on any atom is 0.300 e. The molecule has 0 aliphatic carbocycles. The lowest BCUT2D eigenvalue weighted by Crippen LogP contribution is -2.21. The minimum Gasteiger partial charge on any atom is -0.507 e. The number of carboxylic acids is 1. The summed E-state index contributed by atoms with van der Waals surface area (Å²) in [6.07, 6.45) is 1.01. The molecule has 16 heavy (non-hydrogen) atoms. The molecule has 0 rings (SSSR count). The molecule has 0 aromatic heterocycles. The number of aliphatic carboxylic acids is 1. The second-order valence-corrected chi connectivity index (χ2v) is 5.67. The minimum atomic E-state index is -0.833. The van der Waals surface area contributed by atoms with Crippen molar-refractivity contribution in [2.45, 2.75) is 48.5 Å². The van der Waals surface area contributed by atoms with Crippen LogP contribution in [0.1, 0.15) is 48.5 Å². The summed E-state index contributed by atoms with van der Waals surface area (Å²) in [6.45, 7) is 13.9. The van der Waals surface area contributed by atoms with E-state index in [-0.39, 0.29) is 10.8 Å². The Morgan fingerprint density at radius 3 is 1.38 bits per heavy atom. The van der Waals surface area contributed by atoms with E-state index in [0.717, 1.165) is 18.8 Å². The highest BCUT2D eigenvalue weighted by molar-refractivity contribution is 5.62. The third-order valence-corrected chi connectivity index (χ3v) is 1.71. The van der Waals surface area contributed by atoms with Gasteiger partial charge < -0.3 is 10.2 Å². The van der Waals surface area contributed by atoms with E-state index in [0.29, 0.717) is 0 Å². The van der Waals surface area contributed by atoms with Gasteiger partial charge in [-0.05, 0) is 16.4 Å². The van der Waals surface area contributed by atoms with Crippen molar-refractivity contribution in [3.8, 4) is 0 Å². The minimum absolute atomic E-state index is 0.0669. The summed E-state index contributed by atoms with van der Waals surface area (Å²) in [7, 11) is 0. The fourth-order valence-corrected chi connectivity index (χ4v) is 1.62. The predicted molar refractivity (Wildman–Crippen MR) is 66.4 cm³/mol. The Bertz CT molecular complexity index is 261. The molecule has 3 heteroatoms. The average Bonchev–Trinajstić information content (AvgIpc) is 1.94. The van der Waals surface area contributed by atoms with E-state index in [1.165, 1.54) is 0 Å². The van der Waals surface area contributed by atoms with Crippen molar-refractivity contribution >= 4 is 5.97 Å². The van der Waals surface area contributed by atoms with Crippen molar-refractivity contribution in [1.29, 1.82) is 0 Å². The van der Waals surface area contributed by atoms with Crippen LogP contribution in [0.25, 0.3) is 0 Å². The maximum atomic E-state index is 9.00. The van der Waals surface area contributed by atoms with E-state index in [2.05, 4.69) is 47.3 Å². The Balaban J connectivity index is 0. The lowest BCUT2D eigenvalue weighted by Gasteiger charge is -2.31. The SMILES string of the molecule is CC(=O)O.CC(C)(C)C(=C=CO)C(C)(C)C. The summed E-state index contributed by atoms with van der Waals surface area (Å²) < 4.78 is 0. The van der Waals surface area contributed by atoms with E-state index in [9.17, 15) is 0 Å². The molecule has 0 radical (unpaired) electrons. The molecule has 0 atom stereocenters. The summed E-state index contributed by atoms with van der Waals surface area (Å²) in [5, 5.41) is 16.1. The number of rotatable bonds is 0. The van der Waals surface area contributed by atoms with Crippen LogP contribution in [0.15, 0.2) is 17.6 Å². The van der Waals surface area contributed by atoms with Crippen LogP contribution < -0.4 is 0 Å². The molecule has 0 aliphatic rings. The van der Waals surface area contributed by atoms with Gasteiger partial charge >= 0.3 is 0 Å². The van der Waals surface area contributed by atoms with Gasteiger partial charge in [0.1, 0.15) is 6.26 Å². The van der Waals surface area contributed by atoms with Crippen LogP contribution in [0.2, 0.25) is 0 Å². The van der Waals surface area contributed by atoms with Gasteiger partial charge in [-0.1, -0.05) is 47.3 Å². The zero-order valence-corrected chi connectivity index (χ0v) is 11.4. The molecule has 0 saturated carbocycles. The highest BCUT2D eigenvalue weighted by Crippen LogP contribution is 2.38. The first-order valence-corrected chi connectivity index (χ1v) is 5.22. The number of allylic oxidation sites excluding steroid dienone is 1. The quantitative estimate of drug-likeness (QED) is 0.490. The fraction of sp³-hybridized carbons (Fsp3) is 0.692. The molecule has 0 unspecified atom stereocenters. The number of carbonyl (C=O) groups is 1. The number of carboxylic acid groups (broad SMARTS) is 1. The van der Waals surface area contributed by atoms with Crippen molar-refractivity contribution in [3.63, 3.8) is 0 Å². The van der Waals surface area contributed by atoms with Crippen LogP contribution in [0.5, 0.6) is 0 Å². The first-order chi connectivity index (χ1) is 6.92. The van der Waals surface area contributed by atoms with Crippen molar-refractivity contribution < 1.29 is 15.0 Å². The summed E-state index contributed by atoms with van der Waals surface area (Å²) >= 11 is 0. The van der Waals surface area contributed by atoms with Crippen LogP contribution in [0.3, 0.4) is 0 Å². The second kappa shape index (κ2) is 6.39. The monoisotopic (exact) mass is 228 g/mol. The topological polar surface area (TPSA) is 57.5 Å². The van der Waals surface area contributed by atoms with Crippen LogP contribution in [0, 0.1) is 10.8 Å². The Kier molecular flexibility index (Phi) is 6.87. The summed E-state index contributed by atoms with van der Waals surface area (Å²) in [6, 6.07) is 0. The Hall–Kier alpha value is -1.21. The molecule has 3 nitrogen and oxygen atoms in total. The lowest BCUT2D eigenvalue weighted by molar-refractivity contribution is -0.134. The normalized spacial score (nSPS) is 10.7. The van der Waals surface area contributed by atoms with Gasteiger partial charge in [-0.2, -0.15) is 0 Å². The lowest BCUT2D eigenvalue weighted by atomic mass is 9.72. The zero-order valence-electron chi connectivity index (χ0n) is 11.4. The molecule has 0 bridgehead atoms. The van der Waals surface area contributed by atoms with Crippen LogP contribution >= 0.6 is 0 Å². The standard InChI is InChI=1S/C11H20O.C2H4O2/c1-10(2,3)9(7-8-12)11(4,5)6;1-2(3)4/h8,12H,1-6H3;1H3,(H,3,4).